The summed E-state index contributed by atoms with van der Waals surface area (Å²) >= 11 is 0. The van der Waals surface area contributed by atoms with Gasteiger partial charge in [-0.2, -0.15) is 10.5 Å². The van der Waals surface area contributed by atoms with Gasteiger partial charge in [0.15, 0.2) is 5.76 Å². The van der Waals surface area contributed by atoms with Crippen LogP contribution < -0.4 is 0 Å². The van der Waals surface area contributed by atoms with Crippen LogP contribution in [0.1, 0.15) is 26.3 Å². The molecule has 0 bridgehead atoms. The van der Waals surface area contributed by atoms with Crippen LogP contribution in [0, 0.1) is 28.1 Å². The van der Waals surface area contributed by atoms with E-state index >= 15 is 0 Å². The first-order chi connectivity index (χ1) is 11.3. The standard InChI is InChI=1S/C20H21N3O/c1-14-15(2)24-19(17(12-21)20(14,3)13-22)18(23(4)5)11-16-9-7-6-8-10-16/h6-11H,1-5H3. The highest BCUT2D eigenvalue weighted by Crippen LogP contribution is 2.44. The van der Waals surface area contributed by atoms with Crippen LogP contribution in [0.5, 0.6) is 0 Å². The molecule has 0 N–H and O–H groups in total. The van der Waals surface area contributed by atoms with E-state index in [0.29, 0.717) is 17.1 Å². The van der Waals surface area contributed by atoms with E-state index in [2.05, 4.69) is 12.1 Å². The summed E-state index contributed by atoms with van der Waals surface area (Å²) in [6.07, 6.45) is 1.96. The van der Waals surface area contributed by atoms with E-state index in [1.54, 1.807) is 6.92 Å². The van der Waals surface area contributed by atoms with Gasteiger partial charge in [0.25, 0.3) is 0 Å². The summed E-state index contributed by atoms with van der Waals surface area (Å²) in [6, 6.07) is 14.3. The summed E-state index contributed by atoms with van der Waals surface area (Å²) < 4.78 is 5.97. The molecule has 1 unspecified atom stereocenters. The van der Waals surface area contributed by atoms with Gasteiger partial charge in [0.05, 0.1) is 17.3 Å². The molecule has 1 aliphatic rings. The van der Waals surface area contributed by atoms with Gasteiger partial charge in [-0.1, -0.05) is 30.3 Å². The van der Waals surface area contributed by atoms with Gasteiger partial charge < -0.3 is 9.64 Å². The first-order valence-corrected chi connectivity index (χ1v) is 7.71. The Hall–Kier alpha value is -2.98. The number of nitrogens with zero attached hydrogens (tertiary/aromatic N) is 3. The number of benzene rings is 1. The second-order valence-electron chi connectivity index (χ2n) is 6.17. The van der Waals surface area contributed by atoms with Crippen molar-refractivity contribution in [1.29, 1.82) is 10.5 Å². The van der Waals surface area contributed by atoms with Crippen molar-refractivity contribution in [3.63, 3.8) is 0 Å². The minimum absolute atomic E-state index is 0.337. The van der Waals surface area contributed by atoms with Crippen molar-refractivity contribution < 1.29 is 4.74 Å². The summed E-state index contributed by atoms with van der Waals surface area (Å²) in [4.78, 5) is 1.89. The van der Waals surface area contributed by atoms with E-state index in [4.69, 9.17) is 4.74 Å². The SMILES string of the molecule is CC1=C(C)C(C)(C#N)C(C#N)=C(C(=Cc2ccccc2)N(C)C)O1. The molecule has 0 spiro atoms. The van der Waals surface area contributed by atoms with Crippen molar-refractivity contribution in [2.45, 2.75) is 20.8 Å². The quantitative estimate of drug-likeness (QED) is 0.837. The van der Waals surface area contributed by atoms with Gasteiger partial charge in [0.1, 0.15) is 17.2 Å². The molecule has 0 amide bonds. The highest BCUT2D eigenvalue weighted by atomic mass is 16.5. The van der Waals surface area contributed by atoms with Gasteiger partial charge >= 0.3 is 0 Å². The Morgan fingerprint density at radius 2 is 1.79 bits per heavy atom. The Bertz CT molecular complexity index is 817. The molecule has 0 radical (unpaired) electrons. The summed E-state index contributed by atoms with van der Waals surface area (Å²) in [7, 11) is 3.79. The van der Waals surface area contributed by atoms with E-state index in [1.807, 2.05) is 69.3 Å². The molecule has 2 rings (SSSR count). The summed E-state index contributed by atoms with van der Waals surface area (Å²) in [5.41, 5.74) is 1.87. The topological polar surface area (TPSA) is 60.0 Å². The molecule has 0 saturated carbocycles. The molecule has 1 aromatic rings. The third kappa shape index (κ3) is 2.92. The highest BCUT2D eigenvalue weighted by molar-refractivity contribution is 5.61. The van der Waals surface area contributed by atoms with E-state index < -0.39 is 5.41 Å². The molecular formula is C20H21N3O. The van der Waals surface area contributed by atoms with Gasteiger partial charge in [-0.25, -0.2) is 0 Å². The predicted molar refractivity (Wildman–Crippen MR) is 93.9 cm³/mol. The minimum Gasteiger partial charge on any atom is -0.459 e. The molecule has 1 atom stereocenters. The average molecular weight is 319 g/mol. The molecule has 122 valence electrons. The van der Waals surface area contributed by atoms with Crippen LogP contribution in [-0.4, -0.2) is 19.0 Å². The molecule has 0 saturated heterocycles. The maximum absolute atomic E-state index is 9.72. The summed E-state index contributed by atoms with van der Waals surface area (Å²) in [5.74, 6) is 1.10. The number of nitriles is 2. The second-order valence-corrected chi connectivity index (χ2v) is 6.17. The van der Waals surface area contributed by atoms with Crippen LogP contribution >= 0.6 is 0 Å². The monoisotopic (exact) mass is 319 g/mol. The van der Waals surface area contributed by atoms with Gasteiger partial charge in [0.2, 0.25) is 0 Å². The number of likely N-dealkylation sites (N-methyl/N-ethyl adjacent to an activating group) is 1. The van der Waals surface area contributed by atoms with Crippen LogP contribution in [0.4, 0.5) is 0 Å². The Labute approximate surface area is 143 Å². The Balaban J connectivity index is 2.70. The lowest BCUT2D eigenvalue weighted by Crippen LogP contribution is -2.28. The first kappa shape index (κ1) is 17.4. The Morgan fingerprint density at radius 1 is 1.17 bits per heavy atom. The Morgan fingerprint density at radius 3 is 2.29 bits per heavy atom. The van der Waals surface area contributed by atoms with Crippen LogP contribution in [0.2, 0.25) is 0 Å². The summed E-state index contributed by atoms with van der Waals surface area (Å²) in [6.45, 7) is 5.43. The average Bonchev–Trinajstić information content (AvgIpc) is 2.58. The molecule has 0 aliphatic carbocycles. The lowest BCUT2D eigenvalue weighted by molar-refractivity contribution is 0.260. The van der Waals surface area contributed by atoms with Gasteiger partial charge in [-0.05, 0) is 38.0 Å². The fraction of sp³-hybridized carbons (Fsp3) is 0.300. The van der Waals surface area contributed by atoms with E-state index in [-0.39, 0.29) is 0 Å². The number of allylic oxidation sites excluding steroid dienone is 3. The molecule has 1 aliphatic heterocycles. The largest absolute Gasteiger partial charge is 0.459 e. The second kappa shape index (κ2) is 6.64. The molecule has 4 nitrogen and oxygen atoms in total. The zero-order valence-corrected chi connectivity index (χ0v) is 14.7. The van der Waals surface area contributed by atoms with Gasteiger partial charge in [-0.3, -0.25) is 0 Å². The van der Waals surface area contributed by atoms with Crippen LogP contribution in [0.15, 0.2) is 58.7 Å². The number of rotatable bonds is 3. The smallest absolute Gasteiger partial charge is 0.165 e. The zero-order chi connectivity index (χ0) is 17.9. The first-order valence-electron chi connectivity index (χ1n) is 7.71. The molecule has 4 heteroatoms. The lowest BCUT2D eigenvalue weighted by atomic mass is 9.75. The lowest BCUT2D eigenvalue weighted by Gasteiger charge is -2.33. The molecule has 24 heavy (non-hydrogen) atoms. The predicted octanol–water partition coefficient (Wildman–Crippen LogP) is 4.22. The minimum atomic E-state index is -0.988. The number of ether oxygens (including phenoxy) is 1. The normalized spacial score (nSPS) is 21.0. The summed E-state index contributed by atoms with van der Waals surface area (Å²) in [5, 5.41) is 19.4. The van der Waals surface area contributed by atoms with Crippen molar-refractivity contribution >= 4 is 6.08 Å². The molecule has 1 heterocycles. The van der Waals surface area contributed by atoms with Crippen molar-refractivity contribution in [3.8, 4) is 12.1 Å². The fourth-order valence-corrected chi connectivity index (χ4v) is 2.63. The third-order valence-corrected chi connectivity index (χ3v) is 4.41. The Kier molecular flexibility index (Phi) is 4.81. The molecule has 0 fully saturated rings. The number of hydrogen-bond acceptors (Lipinski definition) is 4. The highest BCUT2D eigenvalue weighted by Gasteiger charge is 2.41. The van der Waals surface area contributed by atoms with Crippen LogP contribution in [-0.2, 0) is 4.74 Å². The fourth-order valence-electron chi connectivity index (χ4n) is 2.63. The zero-order valence-electron chi connectivity index (χ0n) is 14.7. The van der Waals surface area contributed by atoms with E-state index in [0.717, 1.165) is 16.8 Å². The molecule has 1 aromatic carbocycles. The van der Waals surface area contributed by atoms with E-state index in [9.17, 15) is 10.5 Å². The maximum atomic E-state index is 9.72. The van der Waals surface area contributed by atoms with Gasteiger partial charge in [-0.15, -0.1) is 0 Å². The van der Waals surface area contributed by atoms with Crippen LogP contribution in [0.25, 0.3) is 6.08 Å². The third-order valence-electron chi connectivity index (χ3n) is 4.41. The van der Waals surface area contributed by atoms with Crippen molar-refractivity contribution in [2.75, 3.05) is 14.1 Å². The van der Waals surface area contributed by atoms with Crippen molar-refractivity contribution in [3.05, 3.63) is 64.3 Å². The molecular weight excluding hydrogens is 298 g/mol. The van der Waals surface area contributed by atoms with Crippen LogP contribution in [0.3, 0.4) is 0 Å². The van der Waals surface area contributed by atoms with Crippen molar-refractivity contribution in [2.24, 2.45) is 5.41 Å². The van der Waals surface area contributed by atoms with E-state index in [1.165, 1.54) is 0 Å². The molecule has 0 aromatic heterocycles. The maximum Gasteiger partial charge on any atom is 0.165 e. The van der Waals surface area contributed by atoms with Crippen molar-refractivity contribution in [1.82, 2.24) is 4.90 Å². The van der Waals surface area contributed by atoms with Gasteiger partial charge in [0, 0.05) is 14.1 Å². The number of hydrogen-bond donors (Lipinski definition) is 0.